The molecule has 3 nitrogen and oxygen atoms in total. The van der Waals surface area contributed by atoms with Gasteiger partial charge in [0, 0.05) is 18.4 Å². The summed E-state index contributed by atoms with van der Waals surface area (Å²) in [5, 5.41) is 0. The number of aryl methyl sites for hydroxylation is 1. The second-order valence-electron chi connectivity index (χ2n) is 4.25. The van der Waals surface area contributed by atoms with Gasteiger partial charge in [-0.25, -0.2) is 4.98 Å². The topological polar surface area (TPSA) is 37.9 Å². The van der Waals surface area contributed by atoms with Crippen LogP contribution in [-0.2, 0) is 17.6 Å². The normalized spacial score (nSPS) is 16.1. The maximum Gasteiger partial charge on any atom is 0.137 e. The molecule has 1 N–H and O–H groups in total. The van der Waals surface area contributed by atoms with Gasteiger partial charge in [-0.15, -0.1) is 0 Å². The molecule has 2 rings (SSSR count). The van der Waals surface area contributed by atoms with E-state index < -0.39 is 0 Å². The van der Waals surface area contributed by atoms with Crippen LogP contribution < -0.4 is 0 Å². The number of nitrogens with one attached hydrogen (secondary N) is 1. The zero-order valence-electron chi connectivity index (χ0n) is 9.88. The Morgan fingerprint density at radius 1 is 1.50 bits per heavy atom. The average molecular weight is 238 g/mol. The molecule has 1 atom stereocenters. The van der Waals surface area contributed by atoms with Crippen LogP contribution in [0.15, 0.2) is 0 Å². The summed E-state index contributed by atoms with van der Waals surface area (Å²) in [6.07, 6.45) is 5.47. The van der Waals surface area contributed by atoms with Crippen molar-refractivity contribution in [1.82, 2.24) is 9.97 Å². The number of hydrogen-bond donors (Lipinski definition) is 1. The van der Waals surface area contributed by atoms with Crippen molar-refractivity contribution in [2.45, 2.75) is 45.1 Å². The molecule has 0 bridgehead atoms. The minimum absolute atomic E-state index is 0.0533. The monoisotopic (exact) mass is 238 g/mol. The Balaban J connectivity index is 2.35. The Kier molecular flexibility index (Phi) is 3.71. The molecule has 88 valence electrons. The predicted molar refractivity (Wildman–Crippen MR) is 66.1 cm³/mol. The van der Waals surface area contributed by atoms with Crippen molar-refractivity contribution >= 4 is 12.2 Å². The zero-order valence-corrected chi connectivity index (χ0v) is 10.7. The molecule has 0 radical (unpaired) electrons. The maximum absolute atomic E-state index is 5.45. The Morgan fingerprint density at radius 3 is 3.00 bits per heavy atom. The van der Waals surface area contributed by atoms with Crippen LogP contribution in [0.1, 0.15) is 49.4 Å². The molecule has 16 heavy (non-hydrogen) atoms. The first kappa shape index (κ1) is 11.7. The van der Waals surface area contributed by atoms with Crippen LogP contribution in [0.5, 0.6) is 0 Å². The Bertz CT molecular complexity index is 428. The number of nitrogens with zero attached hydrogens (tertiary/aromatic N) is 1. The summed E-state index contributed by atoms with van der Waals surface area (Å²) in [7, 11) is 1.73. The van der Waals surface area contributed by atoms with Gasteiger partial charge in [-0.05, 0) is 25.7 Å². The van der Waals surface area contributed by atoms with Gasteiger partial charge in [0.05, 0.1) is 0 Å². The lowest BCUT2D eigenvalue weighted by Gasteiger charge is -2.15. The lowest BCUT2D eigenvalue weighted by Crippen LogP contribution is -2.09. The van der Waals surface area contributed by atoms with Crippen molar-refractivity contribution < 1.29 is 4.74 Å². The van der Waals surface area contributed by atoms with E-state index >= 15 is 0 Å². The number of hydrogen-bond acceptors (Lipinski definition) is 3. The van der Waals surface area contributed by atoms with Crippen LogP contribution in [0.2, 0.25) is 0 Å². The van der Waals surface area contributed by atoms with Crippen LogP contribution in [0, 0.1) is 4.64 Å². The molecule has 1 aliphatic carbocycles. The largest absolute Gasteiger partial charge is 0.374 e. The van der Waals surface area contributed by atoms with Crippen LogP contribution in [0.25, 0.3) is 0 Å². The van der Waals surface area contributed by atoms with Crippen molar-refractivity contribution in [1.29, 1.82) is 0 Å². The molecule has 4 heteroatoms. The third-order valence-electron chi connectivity index (χ3n) is 3.12. The van der Waals surface area contributed by atoms with Gasteiger partial charge in [0.2, 0.25) is 0 Å². The van der Waals surface area contributed by atoms with Crippen LogP contribution in [0.4, 0.5) is 0 Å². The van der Waals surface area contributed by atoms with Crippen molar-refractivity contribution in [2.75, 3.05) is 7.11 Å². The molecular weight excluding hydrogens is 220 g/mol. The Labute approximate surface area is 101 Å². The highest BCUT2D eigenvalue weighted by Gasteiger charge is 2.18. The van der Waals surface area contributed by atoms with E-state index in [2.05, 4.69) is 16.9 Å². The lowest BCUT2D eigenvalue weighted by atomic mass is 10.2. The number of aromatic nitrogens is 2. The van der Waals surface area contributed by atoms with Crippen molar-refractivity contribution in [3.63, 3.8) is 0 Å². The van der Waals surface area contributed by atoms with Gasteiger partial charge in [0.25, 0.3) is 0 Å². The van der Waals surface area contributed by atoms with Crippen LogP contribution >= 0.6 is 12.2 Å². The van der Waals surface area contributed by atoms with Gasteiger partial charge in [-0.1, -0.05) is 25.6 Å². The zero-order chi connectivity index (χ0) is 11.5. The third kappa shape index (κ3) is 2.18. The van der Waals surface area contributed by atoms with Crippen molar-refractivity contribution in [2.24, 2.45) is 0 Å². The number of methoxy groups -OCH3 is 1. The van der Waals surface area contributed by atoms with E-state index in [0.717, 1.165) is 36.1 Å². The first-order valence-corrected chi connectivity index (χ1v) is 6.31. The maximum atomic E-state index is 5.45. The average Bonchev–Trinajstić information content (AvgIpc) is 2.74. The number of fused-ring (bicyclic) bond motifs is 1. The van der Waals surface area contributed by atoms with Crippen molar-refractivity contribution in [3.05, 3.63) is 21.7 Å². The molecular formula is C12H18N2OS. The molecule has 1 aromatic rings. The van der Waals surface area contributed by atoms with Gasteiger partial charge in [-0.2, -0.15) is 0 Å². The van der Waals surface area contributed by atoms with E-state index in [9.17, 15) is 0 Å². The molecule has 0 fully saturated rings. The number of ether oxygens (including phenoxy) is 1. The van der Waals surface area contributed by atoms with Crippen LogP contribution in [0.3, 0.4) is 0 Å². The summed E-state index contributed by atoms with van der Waals surface area (Å²) in [4.78, 5) is 7.87. The van der Waals surface area contributed by atoms with Crippen molar-refractivity contribution in [3.8, 4) is 0 Å². The first-order valence-electron chi connectivity index (χ1n) is 5.91. The molecule has 1 aromatic heterocycles. The Morgan fingerprint density at radius 2 is 2.31 bits per heavy atom. The molecule has 1 unspecified atom stereocenters. The van der Waals surface area contributed by atoms with Gasteiger partial charge in [0.1, 0.15) is 16.6 Å². The third-order valence-corrected chi connectivity index (χ3v) is 3.45. The van der Waals surface area contributed by atoms with E-state index in [1.165, 1.54) is 17.7 Å². The first-order chi connectivity index (χ1) is 7.76. The highest BCUT2D eigenvalue weighted by atomic mass is 32.1. The molecule has 0 saturated carbocycles. The summed E-state index contributed by atoms with van der Waals surface area (Å²) >= 11 is 5.33. The predicted octanol–water partition coefficient (Wildman–Crippen LogP) is 3.12. The van der Waals surface area contributed by atoms with Gasteiger partial charge in [-0.3, -0.25) is 0 Å². The second-order valence-corrected chi connectivity index (χ2v) is 4.64. The number of H-pyrrole nitrogens is 1. The molecule has 0 amide bonds. The summed E-state index contributed by atoms with van der Waals surface area (Å²) in [6.45, 7) is 2.15. The molecule has 0 spiro atoms. The summed E-state index contributed by atoms with van der Waals surface area (Å²) < 4.78 is 6.21. The highest BCUT2D eigenvalue weighted by molar-refractivity contribution is 7.71. The summed E-state index contributed by atoms with van der Waals surface area (Å²) in [5.74, 6) is 0.898. The lowest BCUT2D eigenvalue weighted by molar-refractivity contribution is 0.0873. The fourth-order valence-corrected chi connectivity index (χ4v) is 2.58. The van der Waals surface area contributed by atoms with Gasteiger partial charge >= 0.3 is 0 Å². The van der Waals surface area contributed by atoms with Gasteiger partial charge in [0.15, 0.2) is 0 Å². The van der Waals surface area contributed by atoms with E-state index in [-0.39, 0.29) is 6.10 Å². The number of rotatable bonds is 4. The second kappa shape index (κ2) is 5.06. The minimum Gasteiger partial charge on any atom is -0.374 e. The van der Waals surface area contributed by atoms with Crippen LogP contribution in [-0.4, -0.2) is 17.1 Å². The molecule has 1 heterocycles. The molecule has 0 aromatic carbocycles. The molecule has 1 aliphatic rings. The summed E-state index contributed by atoms with van der Waals surface area (Å²) in [5.41, 5.74) is 2.51. The summed E-state index contributed by atoms with van der Waals surface area (Å²) in [6, 6.07) is 0. The minimum atomic E-state index is 0.0533. The fourth-order valence-electron chi connectivity index (χ4n) is 2.26. The quantitative estimate of drug-likeness (QED) is 0.819. The van der Waals surface area contributed by atoms with Gasteiger partial charge < -0.3 is 9.72 Å². The smallest absolute Gasteiger partial charge is 0.137 e. The standard InChI is InChI=1S/C12H18N2OS/c1-3-5-10(15-2)11-13-9-7-4-6-8(9)12(16)14-11/h10H,3-7H2,1-2H3,(H,13,14,16). The fraction of sp³-hybridized carbons (Fsp3) is 0.667. The molecule has 0 aliphatic heterocycles. The Hall–Kier alpha value is -0.740. The highest BCUT2D eigenvalue weighted by Crippen LogP contribution is 2.24. The molecule has 0 saturated heterocycles. The SMILES string of the molecule is CCCC(OC)c1nc(=S)c2c([nH]1)CCC2. The van der Waals surface area contributed by atoms with E-state index in [1.54, 1.807) is 7.11 Å². The van der Waals surface area contributed by atoms with E-state index in [1.807, 2.05) is 0 Å². The van der Waals surface area contributed by atoms with E-state index in [4.69, 9.17) is 17.0 Å². The van der Waals surface area contributed by atoms with E-state index in [0.29, 0.717) is 0 Å². The number of aromatic amines is 1.